The molecule has 4 aromatic heterocycles. The van der Waals surface area contributed by atoms with E-state index in [9.17, 15) is 0 Å². The van der Waals surface area contributed by atoms with Crippen LogP contribution in [-0.4, -0.2) is 19.1 Å². The van der Waals surface area contributed by atoms with Crippen molar-refractivity contribution in [1.82, 2.24) is 19.1 Å². The second-order valence-electron chi connectivity index (χ2n) is 13.8. The fourth-order valence-electron chi connectivity index (χ4n) is 6.50. The number of fused-ring (bicyclic) bond motifs is 4. The Bertz CT molecular complexity index is 2580. The van der Waals surface area contributed by atoms with Gasteiger partial charge in [-0.05, 0) is 71.8 Å². The quantitative estimate of drug-likeness (QED) is 0.128. The van der Waals surface area contributed by atoms with Gasteiger partial charge in [0.1, 0.15) is 17.3 Å². The normalized spacial score (nSPS) is 12.9. The predicted octanol–water partition coefficient (Wildman–Crippen LogP) is 9.88. The molecule has 0 saturated carbocycles. The third kappa shape index (κ3) is 5.73. The zero-order chi connectivity index (χ0) is 35.5. The monoisotopic (exact) mass is 643 g/mol. The Morgan fingerprint density at radius 3 is 2.43 bits per heavy atom. The first-order valence-electron chi connectivity index (χ1n) is 17.7. The summed E-state index contributed by atoms with van der Waals surface area (Å²) in [5.41, 5.74) is 7.42. The van der Waals surface area contributed by atoms with Crippen LogP contribution in [0, 0.1) is 12.2 Å². The van der Waals surface area contributed by atoms with Crippen LogP contribution in [0.3, 0.4) is 0 Å². The molecular formula is C43H39N5O. The number of pyridine rings is 2. The number of hydrogen-bond donors (Lipinski definition) is 0. The molecule has 0 bridgehead atoms. The van der Waals surface area contributed by atoms with E-state index in [1.807, 2.05) is 89.8 Å². The highest BCUT2D eigenvalue weighted by Crippen LogP contribution is 2.36. The molecule has 49 heavy (non-hydrogen) atoms. The van der Waals surface area contributed by atoms with Crippen LogP contribution in [0.4, 0.5) is 0 Å². The largest absolute Gasteiger partial charge is 0.456 e. The summed E-state index contributed by atoms with van der Waals surface area (Å²) in [4.78, 5) is 9.38. The van der Waals surface area contributed by atoms with E-state index in [2.05, 4.69) is 85.2 Å². The molecule has 4 heterocycles. The molecule has 0 spiro atoms. The van der Waals surface area contributed by atoms with Gasteiger partial charge < -0.3 is 4.74 Å². The van der Waals surface area contributed by atoms with Crippen molar-refractivity contribution < 1.29 is 12.0 Å². The van der Waals surface area contributed by atoms with Crippen molar-refractivity contribution in [2.45, 2.75) is 46.4 Å². The van der Waals surface area contributed by atoms with Crippen LogP contribution < -0.4 is 9.30 Å². The predicted molar refractivity (Wildman–Crippen MR) is 197 cm³/mol. The van der Waals surface area contributed by atoms with Crippen molar-refractivity contribution >= 4 is 32.8 Å². The lowest BCUT2D eigenvalue weighted by Gasteiger charge is -2.20. The molecule has 0 atom stereocenters. The Labute approximate surface area is 289 Å². The average Bonchev–Trinajstić information content (AvgIpc) is 3.68. The Balaban J connectivity index is 1.19. The summed E-state index contributed by atoms with van der Waals surface area (Å²) in [6, 6.07) is 36.5. The number of nitrogens with zero attached hydrogens (tertiary/aromatic N) is 5. The molecule has 0 amide bonds. The smallest absolute Gasteiger partial charge is 0.269 e. The van der Waals surface area contributed by atoms with Gasteiger partial charge in [-0.15, -0.1) is 0 Å². The fourth-order valence-corrected chi connectivity index (χ4v) is 6.50. The lowest BCUT2D eigenvalue weighted by atomic mass is 9.88. The molecule has 8 aromatic rings. The summed E-state index contributed by atoms with van der Waals surface area (Å²) in [6.45, 7) is 10.5. The van der Waals surface area contributed by atoms with E-state index in [-0.39, 0.29) is 11.3 Å². The molecule has 4 aromatic carbocycles. The fraction of sp³-hybridized carbons (Fsp3) is 0.186. The first-order chi connectivity index (χ1) is 24.5. The number of rotatable bonds is 7. The molecule has 0 aliphatic carbocycles. The van der Waals surface area contributed by atoms with Crippen LogP contribution in [-0.2, 0) is 11.8 Å². The van der Waals surface area contributed by atoms with Crippen molar-refractivity contribution in [3.05, 3.63) is 145 Å². The van der Waals surface area contributed by atoms with E-state index in [4.69, 9.17) is 12.5 Å². The van der Waals surface area contributed by atoms with E-state index in [0.29, 0.717) is 17.1 Å². The Morgan fingerprint density at radius 2 is 1.59 bits per heavy atom. The average molecular weight is 644 g/mol. The third-order valence-corrected chi connectivity index (χ3v) is 8.80. The topological polar surface area (TPSA) is 48.8 Å². The maximum atomic E-state index is 8.67. The van der Waals surface area contributed by atoms with Crippen LogP contribution in [0.5, 0.6) is 11.5 Å². The highest BCUT2D eigenvalue weighted by molar-refractivity contribution is 6.09. The van der Waals surface area contributed by atoms with Crippen LogP contribution in [0.15, 0.2) is 128 Å². The van der Waals surface area contributed by atoms with Gasteiger partial charge in [-0.25, -0.2) is 4.98 Å². The Hall–Kier alpha value is -5.75. The molecule has 8 rings (SSSR count). The van der Waals surface area contributed by atoms with Gasteiger partial charge >= 0.3 is 0 Å². The van der Waals surface area contributed by atoms with Gasteiger partial charge in [0, 0.05) is 32.0 Å². The molecule has 6 heteroatoms. The van der Waals surface area contributed by atoms with Gasteiger partial charge in [-0.3, -0.25) is 18.7 Å². The SMILES string of the molecule is [2H]C([2H])(c1cccc(-[n+]2[c-]n(-c3cncc(Oc4ccc5c6ccccc6n(-c6cc(C(C)(C)C)ccn6)c5c4)c3)c3ccccc32)c1)C(C)C. The number of hydrogen-bond acceptors (Lipinski definition) is 3. The van der Waals surface area contributed by atoms with Gasteiger partial charge in [0.05, 0.1) is 39.6 Å². The van der Waals surface area contributed by atoms with Gasteiger partial charge in [0.15, 0.2) is 0 Å². The molecule has 0 saturated heterocycles. The van der Waals surface area contributed by atoms with Crippen molar-refractivity contribution in [2.24, 2.45) is 5.92 Å². The van der Waals surface area contributed by atoms with Crippen molar-refractivity contribution in [1.29, 1.82) is 0 Å². The number of benzene rings is 4. The maximum Gasteiger partial charge on any atom is 0.269 e. The van der Waals surface area contributed by atoms with Crippen molar-refractivity contribution in [2.75, 3.05) is 0 Å². The van der Waals surface area contributed by atoms with Gasteiger partial charge in [-0.2, -0.15) is 0 Å². The van der Waals surface area contributed by atoms with E-state index in [1.54, 1.807) is 12.4 Å². The maximum absolute atomic E-state index is 8.67. The highest BCUT2D eigenvalue weighted by atomic mass is 16.5. The highest BCUT2D eigenvalue weighted by Gasteiger charge is 2.19. The van der Waals surface area contributed by atoms with Gasteiger partial charge in [-0.1, -0.05) is 94.8 Å². The standard InChI is InChI=1S/C43H39N5O/c1-29(2)21-30-11-10-12-32(22-30)46-28-47(40-16-9-8-15-39(40)46)33-24-35(27-44-26-33)49-34-17-18-37-36-13-6-7-14-38(36)48(41(37)25-34)42-23-31(19-20-45-42)43(3,4)5/h6-20,22-27,29H,21H2,1-5H3/i21D2. The summed E-state index contributed by atoms with van der Waals surface area (Å²) < 4.78 is 30.0. The lowest BCUT2D eigenvalue weighted by molar-refractivity contribution is -0.572. The van der Waals surface area contributed by atoms with Crippen LogP contribution in [0.25, 0.3) is 50.0 Å². The number of imidazole rings is 1. The number of aromatic nitrogens is 5. The van der Waals surface area contributed by atoms with Crippen molar-refractivity contribution in [3.63, 3.8) is 0 Å². The summed E-state index contributed by atoms with van der Waals surface area (Å²) in [7, 11) is 0. The second kappa shape index (κ2) is 12.0. The minimum atomic E-state index is -1.46. The van der Waals surface area contributed by atoms with E-state index >= 15 is 0 Å². The summed E-state index contributed by atoms with van der Waals surface area (Å²) in [5, 5.41) is 2.27. The molecule has 6 nitrogen and oxygen atoms in total. The molecule has 0 aliphatic heterocycles. The number of ether oxygens (including phenoxy) is 1. The molecule has 0 unspecified atom stereocenters. The van der Waals surface area contributed by atoms with Crippen LogP contribution >= 0.6 is 0 Å². The number of para-hydroxylation sites is 3. The first kappa shape index (κ1) is 28.3. The van der Waals surface area contributed by atoms with E-state index in [1.165, 1.54) is 5.56 Å². The third-order valence-electron chi connectivity index (χ3n) is 8.80. The summed E-state index contributed by atoms with van der Waals surface area (Å²) in [5.74, 6) is 1.97. The van der Waals surface area contributed by atoms with E-state index < -0.39 is 6.37 Å². The molecular weight excluding hydrogens is 603 g/mol. The molecule has 0 radical (unpaired) electrons. The zero-order valence-electron chi connectivity index (χ0n) is 30.3. The lowest BCUT2D eigenvalue weighted by Crippen LogP contribution is -2.29. The molecule has 0 aliphatic rings. The summed E-state index contributed by atoms with van der Waals surface area (Å²) in [6.07, 6.45) is 7.44. The Morgan fingerprint density at radius 1 is 0.796 bits per heavy atom. The molecule has 242 valence electrons. The van der Waals surface area contributed by atoms with Crippen molar-refractivity contribution in [3.8, 4) is 28.7 Å². The minimum Gasteiger partial charge on any atom is -0.456 e. The minimum absolute atomic E-state index is 0.0158. The Kier molecular flexibility index (Phi) is 6.95. The zero-order valence-corrected chi connectivity index (χ0v) is 28.3. The van der Waals surface area contributed by atoms with Crippen LogP contribution in [0.1, 0.15) is 48.5 Å². The molecule has 0 N–H and O–H groups in total. The van der Waals surface area contributed by atoms with Gasteiger partial charge in [0.25, 0.3) is 6.33 Å². The second-order valence-corrected chi connectivity index (χ2v) is 13.8. The van der Waals surface area contributed by atoms with Crippen LogP contribution in [0.2, 0.25) is 0 Å². The molecule has 0 fully saturated rings. The first-order valence-corrected chi connectivity index (χ1v) is 16.7. The van der Waals surface area contributed by atoms with Gasteiger partial charge in [0.2, 0.25) is 0 Å². The summed E-state index contributed by atoms with van der Waals surface area (Å²) >= 11 is 0. The van der Waals surface area contributed by atoms with E-state index in [0.717, 1.165) is 50.0 Å².